The number of ether oxygens (including phenoxy) is 2. The fourth-order valence-electron chi connectivity index (χ4n) is 3.85. The van der Waals surface area contributed by atoms with Crippen LogP contribution in [-0.4, -0.2) is 28.7 Å². The monoisotopic (exact) mass is 512 g/mol. The van der Waals surface area contributed by atoms with E-state index in [4.69, 9.17) is 32.7 Å². The van der Waals surface area contributed by atoms with Gasteiger partial charge in [-0.3, -0.25) is 4.79 Å². The molecule has 8 heteroatoms. The van der Waals surface area contributed by atoms with Crippen LogP contribution in [0.2, 0.25) is 10.0 Å². The lowest BCUT2D eigenvalue weighted by molar-refractivity contribution is -0.139. The number of H-pyrrole nitrogens is 1. The molecule has 0 radical (unpaired) electrons. The van der Waals surface area contributed by atoms with Crippen molar-refractivity contribution >= 4 is 40.1 Å². The predicted octanol–water partition coefficient (Wildman–Crippen LogP) is 6.24. The van der Waals surface area contributed by atoms with E-state index in [1.165, 1.54) is 0 Å². The highest BCUT2D eigenvalue weighted by Crippen LogP contribution is 2.30. The second-order valence-corrected chi connectivity index (χ2v) is 8.90. The summed E-state index contributed by atoms with van der Waals surface area (Å²) in [5.41, 5.74) is 3.72. The minimum absolute atomic E-state index is 0.306. The Hall–Kier alpha value is -3.19. The van der Waals surface area contributed by atoms with E-state index in [2.05, 4.69) is 10.3 Å². The molecule has 182 valence electrons. The van der Waals surface area contributed by atoms with Crippen molar-refractivity contribution in [3.63, 3.8) is 0 Å². The predicted molar refractivity (Wildman–Crippen MR) is 139 cm³/mol. The Kier molecular flexibility index (Phi) is 8.18. The van der Waals surface area contributed by atoms with Crippen LogP contribution in [0.3, 0.4) is 0 Å². The Labute approximate surface area is 213 Å². The third-order valence-corrected chi connectivity index (χ3v) is 6.37. The number of halogens is 2. The van der Waals surface area contributed by atoms with E-state index in [9.17, 15) is 9.90 Å². The highest BCUT2D eigenvalue weighted by atomic mass is 35.5. The van der Waals surface area contributed by atoms with Crippen molar-refractivity contribution in [3.8, 4) is 11.5 Å². The van der Waals surface area contributed by atoms with Gasteiger partial charge in [0.1, 0.15) is 12.6 Å². The molecule has 4 rings (SSSR count). The molecule has 0 bridgehead atoms. The molecule has 0 aliphatic heterocycles. The minimum atomic E-state index is -0.901. The molecule has 0 saturated heterocycles. The summed E-state index contributed by atoms with van der Waals surface area (Å²) in [5, 5.41) is 14.9. The summed E-state index contributed by atoms with van der Waals surface area (Å²) in [6, 6.07) is 18.1. The van der Waals surface area contributed by atoms with Gasteiger partial charge in [0, 0.05) is 30.1 Å². The summed E-state index contributed by atoms with van der Waals surface area (Å²) >= 11 is 12.1. The molecule has 1 aromatic heterocycles. The highest BCUT2D eigenvalue weighted by Gasteiger charge is 2.19. The number of carbonyl (C=O) groups is 1. The number of carboxylic acids is 1. The smallest absolute Gasteiger partial charge is 0.321 e. The largest absolute Gasteiger partial charge is 0.490 e. The maximum absolute atomic E-state index is 11.9. The summed E-state index contributed by atoms with van der Waals surface area (Å²) in [6.07, 6.45) is 2.23. The molecule has 0 fully saturated rings. The summed E-state index contributed by atoms with van der Waals surface area (Å²) < 4.78 is 11.7. The number of aromatic nitrogens is 1. The van der Waals surface area contributed by atoms with Crippen molar-refractivity contribution in [2.75, 3.05) is 6.61 Å². The van der Waals surface area contributed by atoms with Crippen LogP contribution in [-0.2, 0) is 24.4 Å². The first kappa shape index (κ1) is 24.9. The summed E-state index contributed by atoms with van der Waals surface area (Å²) in [7, 11) is 0. The average molecular weight is 513 g/mol. The maximum Gasteiger partial charge on any atom is 0.321 e. The standard InChI is InChI=1S/C27H26Cl2N2O4/c1-2-34-26-12-17(8-10-25(26)35-16-18-7-9-21(28)22(29)11-18)14-30-24(27(32)33)13-19-15-31-23-6-4-3-5-20(19)23/h3-12,15,24,30-31H,2,13-14,16H2,1H3,(H,32,33)/t24-/m0/s1. The van der Waals surface area contributed by atoms with Crippen LogP contribution in [0.5, 0.6) is 11.5 Å². The number of fused-ring (bicyclic) bond motifs is 1. The molecule has 35 heavy (non-hydrogen) atoms. The molecule has 1 atom stereocenters. The van der Waals surface area contributed by atoms with E-state index in [0.29, 0.717) is 47.7 Å². The minimum Gasteiger partial charge on any atom is -0.490 e. The van der Waals surface area contributed by atoms with Crippen molar-refractivity contribution < 1.29 is 19.4 Å². The first-order valence-electron chi connectivity index (χ1n) is 11.3. The topological polar surface area (TPSA) is 83.6 Å². The van der Waals surface area contributed by atoms with Crippen molar-refractivity contribution in [2.24, 2.45) is 0 Å². The van der Waals surface area contributed by atoms with Crippen molar-refractivity contribution in [1.82, 2.24) is 10.3 Å². The van der Waals surface area contributed by atoms with Crippen LogP contribution < -0.4 is 14.8 Å². The Balaban J connectivity index is 1.43. The summed E-state index contributed by atoms with van der Waals surface area (Å²) in [6.45, 7) is 3.04. The molecular formula is C27H26Cl2N2O4. The molecule has 0 aliphatic carbocycles. The Morgan fingerprint density at radius 3 is 2.57 bits per heavy atom. The van der Waals surface area contributed by atoms with Gasteiger partial charge in [-0.2, -0.15) is 0 Å². The molecule has 0 aliphatic rings. The number of para-hydroxylation sites is 1. The van der Waals surface area contributed by atoms with Gasteiger partial charge in [-0.05, 0) is 53.9 Å². The first-order chi connectivity index (χ1) is 16.9. The summed E-state index contributed by atoms with van der Waals surface area (Å²) in [4.78, 5) is 15.1. The zero-order valence-electron chi connectivity index (χ0n) is 19.2. The van der Waals surface area contributed by atoms with E-state index in [0.717, 1.165) is 27.6 Å². The molecule has 1 heterocycles. The second-order valence-electron chi connectivity index (χ2n) is 8.09. The molecule has 0 unspecified atom stereocenters. The van der Waals surface area contributed by atoms with E-state index in [1.54, 1.807) is 12.1 Å². The number of benzene rings is 3. The zero-order chi connectivity index (χ0) is 24.8. The molecular weight excluding hydrogens is 487 g/mol. The van der Waals surface area contributed by atoms with Gasteiger partial charge in [0.2, 0.25) is 0 Å². The Bertz CT molecular complexity index is 1320. The fourth-order valence-corrected chi connectivity index (χ4v) is 4.17. The van der Waals surface area contributed by atoms with E-state index in [-0.39, 0.29) is 0 Å². The first-order valence-corrected chi connectivity index (χ1v) is 12.0. The molecule has 3 aromatic carbocycles. The quantitative estimate of drug-likeness (QED) is 0.221. The molecule has 0 spiro atoms. The number of rotatable bonds is 11. The summed E-state index contributed by atoms with van der Waals surface area (Å²) in [5.74, 6) is 0.285. The van der Waals surface area contributed by atoms with Gasteiger partial charge in [-0.1, -0.05) is 53.5 Å². The molecule has 0 amide bonds. The maximum atomic E-state index is 11.9. The van der Waals surface area contributed by atoms with Crippen molar-refractivity contribution in [2.45, 2.75) is 32.5 Å². The van der Waals surface area contributed by atoms with Gasteiger partial charge in [0.15, 0.2) is 11.5 Å². The van der Waals surface area contributed by atoms with Gasteiger partial charge >= 0.3 is 5.97 Å². The number of aliphatic carboxylic acids is 1. The number of nitrogens with one attached hydrogen (secondary N) is 2. The lowest BCUT2D eigenvalue weighted by atomic mass is 10.0. The highest BCUT2D eigenvalue weighted by molar-refractivity contribution is 6.42. The lowest BCUT2D eigenvalue weighted by Gasteiger charge is -2.16. The van der Waals surface area contributed by atoms with Crippen LogP contribution in [0.25, 0.3) is 10.9 Å². The van der Waals surface area contributed by atoms with E-state index >= 15 is 0 Å². The Morgan fingerprint density at radius 2 is 1.80 bits per heavy atom. The van der Waals surface area contributed by atoms with Crippen LogP contribution in [0.15, 0.2) is 66.9 Å². The van der Waals surface area contributed by atoms with Gasteiger partial charge in [0.05, 0.1) is 16.7 Å². The fraction of sp³-hybridized carbons (Fsp3) is 0.222. The van der Waals surface area contributed by atoms with Crippen molar-refractivity contribution in [1.29, 1.82) is 0 Å². The van der Waals surface area contributed by atoms with E-state index < -0.39 is 12.0 Å². The van der Waals surface area contributed by atoms with Crippen molar-refractivity contribution in [3.05, 3.63) is 93.6 Å². The van der Waals surface area contributed by atoms with Crippen LogP contribution in [0.1, 0.15) is 23.6 Å². The molecule has 4 aromatic rings. The SMILES string of the molecule is CCOc1cc(CN[C@@H](Cc2c[nH]c3ccccc23)C(=O)O)ccc1OCc1ccc(Cl)c(Cl)c1. The number of aromatic amines is 1. The normalized spacial score (nSPS) is 12.0. The van der Waals surface area contributed by atoms with Crippen LogP contribution in [0, 0.1) is 0 Å². The number of hydrogen-bond donors (Lipinski definition) is 3. The molecule has 3 N–H and O–H groups in total. The van der Waals surface area contributed by atoms with Crippen LogP contribution >= 0.6 is 23.2 Å². The third kappa shape index (κ3) is 6.28. The molecule has 0 saturated carbocycles. The number of carboxylic acid groups (broad SMARTS) is 1. The third-order valence-electron chi connectivity index (χ3n) is 5.64. The molecule has 6 nitrogen and oxygen atoms in total. The van der Waals surface area contributed by atoms with Crippen LogP contribution in [0.4, 0.5) is 0 Å². The number of hydrogen-bond acceptors (Lipinski definition) is 4. The van der Waals surface area contributed by atoms with Gasteiger partial charge < -0.3 is 24.9 Å². The van der Waals surface area contributed by atoms with Gasteiger partial charge in [-0.25, -0.2) is 0 Å². The lowest BCUT2D eigenvalue weighted by Crippen LogP contribution is -2.38. The van der Waals surface area contributed by atoms with E-state index in [1.807, 2.05) is 61.7 Å². The Morgan fingerprint density at radius 1 is 1.00 bits per heavy atom. The second kappa shape index (κ2) is 11.5. The van der Waals surface area contributed by atoms with Gasteiger partial charge in [0.25, 0.3) is 0 Å². The van der Waals surface area contributed by atoms with Gasteiger partial charge in [-0.15, -0.1) is 0 Å². The average Bonchev–Trinajstić information content (AvgIpc) is 3.26. The zero-order valence-corrected chi connectivity index (χ0v) is 20.7.